The predicted molar refractivity (Wildman–Crippen MR) is 566 cm³/mol. The first-order chi connectivity index (χ1) is 85.8. The molecule has 12 aromatic carbocycles. The van der Waals surface area contributed by atoms with Gasteiger partial charge in [-0.25, -0.2) is 18.3 Å². The summed E-state index contributed by atoms with van der Waals surface area (Å²) >= 11 is 0. The molecule has 4 aliphatic rings. The fourth-order valence-electron chi connectivity index (χ4n) is 21.1. The molecule has 680 valence electrons. The molecule has 0 N–H and O–H groups in total. The molecule has 4 aliphatic carbocycles. The normalized spacial score (nSPS) is 23.1. The highest BCUT2D eigenvalue weighted by molar-refractivity contribution is 6.19. The molecular weight excluding hydrogens is 1660 g/mol. The molecule has 4 atom stereocenters. The summed E-state index contributed by atoms with van der Waals surface area (Å²) in [5, 5.41) is 4.14. The molecular formula is C128H128N4O4+4. The number of aryl methyl sites for hydroxylation is 12. The average Bonchev–Trinajstić information content (AvgIpc) is 1.50. The van der Waals surface area contributed by atoms with Gasteiger partial charge in [0.25, 0.3) is 0 Å². The van der Waals surface area contributed by atoms with Crippen LogP contribution in [-0.2, 0) is 49.9 Å². The number of aromatic nitrogens is 4. The molecule has 8 nitrogen and oxygen atoms in total. The number of rotatable bonds is 8. The summed E-state index contributed by atoms with van der Waals surface area (Å²) in [6, 6.07) is 59.3. The van der Waals surface area contributed by atoms with Crippen LogP contribution in [0.15, 0.2) is 261 Å². The highest BCUT2D eigenvalue weighted by Gasteiger charge is 2.43. The molecule has 8 heteroatoms. The molecule has 0 saturated heterocycles. The largest absolute Gasteiger partial charge is 0.455 e. The van der Waals surface area contributed by atoms with Crippen LogP contribution in [0, 0.1) is 55.1 Å². The lowest BCUT2D eigenvalue weighted by Gasteiger charge is -2.22. The van der Waals surface area contributed by atoms with Crippen molar-refractivity contribution in [2.75, 3.05) is 0 Å². The first-order valence-corrected chi connectivity index (χ1v) is 44.4. The Hall–Kier alpha value is -13.6. The molecule has 136 heavy (non-hydrogen) atoms. The van der Waals surface area contributed by atoms with E-state index in [9.17, 15) is 0 Å². The van der Waals surface area contributed by atoms with Crippen molar-refractivity contribution in [3.05, 3.63) is 354 Å². The summed E-state index contributed by atoms with van der Waals surface area (Å²) in [4.78, 5) is 0. The first-order valence-electron chi connectivity index (χ1n) is 70.4. The lowest BCUT2D eigenvalue weighted by molar-refractivity contribution is -0.661. The zero-order chi connectivity index (χ0) is 139. The smallest absolute Gasteiger partial charge is 0.216 e. The molecule has 0 saturated carbocycles. The van der Waals surface area contributed by atoms with Gasteiger partial charge in [-0.15, -0.1) is 0 Å². The molecule has 0 spiro atoms. The lowest BCUT2D eigenvalue weighted by atomic mass is 9.80. The zero-order valence-corrected chi connectivity index (χ0v) is 76.5. The minimum absolute atomic E-state index is 0.113. The standard InChI is InChI=1S/4C32H32NO/c1-18(2)25-17-33(7)28(14-20(25)4)30-19(3)12-13-22-24-15-27-23(16-29(24)34-31(22)30)21-10-8-9-11-26(21)32(27,5)6;1-18(2)25-17-33(7)28(14-20(25)4)30-19(3)12-13-22-24-15-23-21-10-8-9-11-26(21)32(5,6)27(23)16-29(24)34-31(22)30;1-18(2)24-17-33(7)26(16-20(24)4)28-19(3)12-13-23-29-27(34-31(23)28)15-14-22-21-10-8-9-11-25(21)32(5,6)30(22)29;1-18(2)23-17-33(7)26(16-20(23)4)28-19(3)12-13-22-30-27(34-31(22)28)15-14-25-29(30)21-10-8-9-11-24(21)32(25,5)6/h4*8-18H,1-7H3/q4*+1/i4*1D3,4D3,5D3,6D3,18D. The van der Waals surface area contributed by atoms with Crippen LogP contribution in [0.5, 0.6) is 0 Å². The second-order valence-electron chi connectivity index (χ2n) is 36.5. The van der Waals surface area contributed by atoms with Gasteiger partial charge in [0, 0.05) is 183 Å². The van der Waals surface area contributed by atoms with E-state index in [1.165, 1.54) is 82.0 Å². The minimum atomic E-state index is -2.99. The predicted octanol–water partition coefficient (Wildman–Crippen LogP) is 32.5. The Labute approximate surface area is 875 Å². The second-order valence-corrected chi connectivity index (χ2v) is 36.5. The van der Waals surface area contributed by atoms with Gasteiger partial charge in [0.1, 0.15) is 72.9 Å². The first kappa shape index (κ1) is 47.8. The fraction of sp³-hybridized carbons (Fsp3) is 0.281. The van der Waals surface area contributed by atoms with Crippen molar-refractivity contribution in [3.63, 3.8) is 0 Å². The number of fused-ring (bicyclic) bond motifs is 26. The van der Waals surface area contributed by atoms with E-state index >= 15 is 0 Å². The van der Waals surface area contributed by atoms with Crippen molar-refractivity contribution in [1.82, 2.24) is 0 Å². The SMILES string of the molecule is [2H]C([2H])([2H])c1cc(-c2c(C)ccc3c2oc2cc4c(cc23)-c2ccccc2C4(C([2H])([2H])[2H])C([2H])([2H])[2H])[n+](C)cc1C([2H])(C)C([2H])([2H])[2H].[2H]C([2H])([2H])c1cc(-c2c(C)ccc3c2oc2cc4c(cc23)C(C([2H])([2H])[2H])(C([2H])([2H])[2H])c2ccccc2-4)[n+](C)cc1C([2H])(C)C([2H])([2H])[2H].[2H]C([2H])([2H])c1cc(-c2c(C)ccc3c2oc2ccc4c(c23)-c2ccccc2C4(C([2H])([2H])[2H])C([2H])([2H])[2H])[n+](C)cc1C([2H])(C)C([2H])([2H])[2H].[2H]C([2H])([2H])c1cc(-c2c(C)ccc3c2oc2ccc4c(c23)C(C([2H])([2H])[2H])(C([2H])([2H])[2H])c2ccccc2-4)[n+](C)cc1C([2H])(C)C([2H])([2H])[2H]. The van der Waals surface area contributed by atoms with E-state index in [4.69, 9.17) is 88.9 Å². The molecule has 4 unspecified atom stereocenters. The van der Waals surface area contributed by atoms with Gasteiger partial charge in [-0.2, -0.15) is 0 Å². The van der Waals surface area contributed by atoms with Crippen LogP contribution < -0.4 is 18.3 Å². The van der Waals surface area contributed by atoms with Crippen molar-refractivity contribution in [2.45, 2.75) is 210 Å². The molecule has 0 radical (unpaired) electrons. The van der Waals surface area contributed by atoms with Crippen molar-refractivity contribution >= 4 is 87.8 Å². The molecule has 8 aromatic heterocycles. The number of benzene rings is 12. The van der Waals surface area contributed by atoms with Crippen molar-refractivity contribution in [2.24, 2.45) is 28.2 Å². The highest BCUT2D eigenvalue weighted by atomic mass is 16.3. The maximum Gasteiger partial charge on any atom is 0.216 e. The Morgan fingerprint density at radius 1 is 0.257 bits per heavy atom. The molecule has 0 fully saturated rings. The van der Waals surface area contributed by atoms with Crippen LogP contribution in [0.1, 0.15) is 316 Å². The maximum atomic E-state index is 8.70. The monoisotopic (exact) mass is 1840 g/mol. The fourth-order valence-corrected chi connectivity index (χ4v) is 21.1. The maximum absolute atomic E-state index is 8.70. The van der Waals surface area contributed by atoms with E-state index in [0.717, 1.165) is 6.92 Å². The van der Waals surface area contributed by atoms with Gasteiger partial charge >= 0.3 is 0 Å². The second kappa shape index (κ2) is 32.1. The molecule has 24 rings (SSSR count). The zero-order valence-electron chi connectivity index (χ0n) is 129. The van der Waals surface area contributed by atoms with Crippen LogP contribution in [0.4, 0.5) is 0 Å². The number of furan rings is 4. The van der Waals surface area contributed by atoms with E-state index in [1.54, 1.807) is 211 Å². The summed E-state index contributed by atoms with van der Waals surface area (Å²) in [5.74, 6) is -8.90. The Morgan fingerprint density at radius 2 is 0.581 bits per heavy atom. The summed E-state index contributed by atoms with van der Waals surface area (Å²) < 4.78 is 467. The van der Waals surface area contributed by atoms with Crippen LogP contribution in [0.25, 0.3) is 177 Å². The number of hydrogen-bond acceptors (Lipinski definition) is 4. The molecule has 0 bridgehead atoms. The Balaban J connectivity index is 0.000000139. The Bertz CT molecular complexity index is 10600. The Kier molecular flexibility index (Phi) is 11.3. The van der Waals surface area contributed by atoms with E-state index in [2.05, 4.69) is 0 Å². The third-order valence-corrected chi connectivity index (χ3v) is 27.8. The van der Waals surface area contributed by atoms with E-state index in [1.807, 2.05) is 45.0 Å². The summed E-state index contributed by atoms with van der Waals surface area (Å²) in [6.45, 7) is -34.0. The third-order valence-electron chi connectivity index (χ3n) is 27.8. The highest BCUT2D eigenvalue weighted by Crippen LogP contribution is 2.59. The van der Waals surface area contributed by atoms with Gasteiger partial charge < -0.3 is 17.7 Å². The van der Waals surface area contributed by atoms with Gasteiger partial charge in [-0.05, 0) is 249 Å². The van der Waals surface area contributed by atoms with Gasteiger partial charge in [0.15, 0.2) is 24.8 Å². The lowest BCUT2D eigenvalue weighted by Crippen LogP contribution is -2.32. The summed E-state index contributed by atoms with van der Waals surface area (Å²) in [6.07, 6.45) is 5.44. The van der Waals surface area contributed by atoms with Crippen LogP contribution in [0.2, 0.25) is 0 Å². The van der Waals surface area contributed by atoms with Crippen molar-refractivity contribution < 1.29 is 107 Å². The summed E-state index contributed by atoms with van der Waals surface area (Å²) in [7, 11) is 6.51. The summed E-state index contributed by atoms with van der Waals surface area (Å²) in [5.41, 5.74) is 3.01. The van der Waals surface area contributed by atoms with Gasteiger partial charge in [-0.3, -0.25) is 0 Å². The van der Waals surface area contributed by atoms with Gasteiger partial charge in [0.05, 0.1) is 22.3 Å². The topological polar surface area (TPSA) is 68.1 Å². The van der Waals surface area contributed by atoms with Gasteiger partial charge in [-0.1, -0.05) is 268 Å². The van der Waals surface area contributed by atoms with Crippen LogP contribution in [-0.4, -0.2) is 0 Å². The number of nitrogens with zero attached hydrogens (tertiary/aromatic N) is 4. The minimum Gasteiger partial charge on any atom is -0.455 e. The van der Waals surface area contributed by atoms with Crippen LogP contribution in [0.3, 0.4) is 0 Å². The quantitative estimate of drug-likeness (QED) is 0.142. The van der Waals surface area contributed by atoms with Crippen molar-refractivity contribution in [1.29, 1.82) is 0 Å². The van der Waals surface area contributed by atoms with E-state index in [-0.39, 0.29) is 106 Å². The van der Waals surface area contributed by atoms with E-state index in [0.29, 0.717) is 183 Å². The molecule has 0 amide bonds. The van der Waals surface area contributed by atoms with E-state index < -0.39 is 155 Å². The average molecular weight is 1840 g/mol. The number of pyridine rings is 4. The Morgan fingerprint density at radius 3 is 1.00 bits per heavy atom. The molecule has 8 heterocycles. The third kappa shape index (κ3) is 13.5. The van der Waals surface area contributed by atoms with Gasteiger partial charge in [0.2, 0.25) is 22.8 Å². The molecule has 0 aliphatic heterocycles. The van der Waals surface area contributed by atoms with Crippen LogP contribution >= 0.6 is 0 Å². The van der Waals surface area contributed by atoms with Crippen molar-refractivity contribution in [3.8, 4) is 89.5 Å². The molecule has 20 aromatic rings. The number of hydrogen-bond donors (Lipinski definition) is 0.